The summed E-state index contributed by atoms with van der Waals surface area (Å²) in [5, 5.41) is 9.70. The molecule has 1 aromatic carbocycles. The van der Waals surface area contributed by atoms with Crippen LogP contribution in [0.5, 0.6) is 5.75 Å². The fourth-order valence-electron chi connectivity index (χ4n) is 1.42. The molecule has 0 aliphatic heterocycles. The third kappa shape index (κ3) is 3.43. The molecule has 1 heteroatoms. The monoisotopic (exact) mass is 214 g/mol. The van der Waals surface area contributed by atoms with Crippen LogP contribution in [0.3, 0.4) is 0 Å². The van der Waals surface area contributed by atoms with Gasteiger partial charge in [-0.05, 0) is 18.1 Å². The van der Waals surface area contributed by atoms with Gasteiger partial charge in [-0.15, -0.1) is 0 Å². The minimum absolute atomic E-state index is 0.289. The Hall–Kier alpha value is -1.76. The number of para-hydroxylation sites is 1. The predicted molar refractivity (Wildman–Crippen MR) is 70.3 cm³/mol. The van der Waals surface area contributed by atoms with E-state index in [2.05, 4.69) is 19.6 Å². The first-order valence-electron chi connectivity index (χ1n) is 5.57. The zero-order valence-corrected chi connectivity index (χ0v) is 9.69. The molecule has 0 saturated heterocycles. The summed E-state index contributed by atoms with van der Waals surface area (Å²) in [5.74, 6) is 0.289. The van der Waals surface area contributed by atoms with Crippen molar-refractivity contribution in [2.45, 2.75) is 19.8 Å². The van der Waals surface area contributed by atoms with E-state index in [9.17, 15) is 5.11 Å². The maximum atomic E-state index is 9.70. The third-order valence-corrected chi connectivity index (χ3v) is 2.30. The van der Waals surface area contributed by atoms with Crippen molar-refractivity contribution in [3.8, 4) is 5.75 Å². The van der Waals surface area contributed by atoms with E-state index in [1.54, 1.807) is 12.1 Å². The number of benzene rings is 1. The molecule has 1 nitrogen and oxygen atoms in total. The summed E-state index contributed by atoms with van der Waals surface area (Å²) in [6.07, 6.45) is 10.1. The van der Waals surface area contributed by atoms with Crippen LogP contribution >= 0.6 is 0 Å². The molecule has 0 heterocycles. The number of allylic oxidation sites excluding steroid dienone is 5. The lowest BCUT2D eigenvalue weighted by molar-refractivity contribution is 0.474. The molecule has 0 radical (unpaired) electrons. The lowest BCUT2D eigenvalue weighted by Gasteiger charge is -2.03. The van der Waals surface area contributed by atoms with Gasteiger partial charge >= 0.3 is 0 Å². The number of phenolic OH excluding ortho intramolecular Hbond substituents is 1. The second-order valence-electron chi connectivity index (χ2n) is 3.56. The van der Waals surface area contributed by atoms with E-state index in [4.69, 9.17) is 0 Å². The summed E-state index contributed by atoms with van der Waals surface area (Å²) >= 11 is 0. The Morgan fingerprint density at radius 1 is 1.38 bits per heavy atom. The van der Waals surface area contributed by atoms with Crippen molar-refractivity contribution in [1.29, 1.82) is 0 Å². The van der Waals surface area contributed by atoms with E-state index in [0.29, 0.717) is 0 Å². The molecular weight excluding hydrogens is 196 g/mol. The second kappa shape index (κ2) is 6.67. The Labute approximate surface area is 97.4 Å². The maximum absolute atomic E-state index is 9.70. The van der Waals surface area contributed by atoms with Crippen LogP contribution in [0, 0.1) is 0 Å². The molecule has 0 unspecified atom stereocenters. The van der Waals surface area contributed by atoms with Crippen molar-refractivity contribution in [2.75, 3.05) is 0 Å². The van der Waals surface area contributed by atoms with Crippen LogP contribution < -0.4 is 0 Å². The SMILES string of the molecule is C=C/C(=C\C=C/CCC)c1ccccc1O. The quantitative estimate of drug-likeness (QED) is 0.724. The second-order valence-corrected chi connectivity index (χ2v) is 3.56. The highest BCUT2D eigenvalue weighted by Crippen LogP contribution is 2.25. The third-order valence-electron chi connectivity index (χ3n) is 2.30. The van der Waals surface area contributed by atoms with Crippen molar-refractivity contribution in [2.24, 2.45) is 0 Å². The molecule has 0 atom stereocenters. The van der Waals surface area contributed by atoms with Gasteiger partial charge in [0.15, 0.2) is 0 Å². The van der Waals surface area contributed by atoms with Gasteiger partial charge in [0.05, 0.1) is 0 Å². The summed E-state index contributed by atoms with van der Waals surface area (Å²) in [5.41, 5.74) is 1.75. The van der Waals surface area contributed by atoms with E-state index in [1.165, 1.54) is 0 Å². The molecule has 0 amide bonds. The molecule has 0 saturated carbocycles. The molecule has 0 bridgehead atoms. The summed E-state index contributed by atoms with van der Waals surface area (Å²) in [6.45, 7) is 5.91. The van der Waals surface area contributed by atoms with Gasteiger partial charge in [0.25, 0.3) is 0 Å². The van der Waals surface area contributed by atoms with E-state index in [0.717, 1.165) is 24.0 Å². The first kappa shape index (κ1) is 12.3. The van der Waals surface area contributed by atoms with Gasteiger partial charge in [0, 0.05) is 5.56 Å². The zero-order valence-electron chi connectivity index (χ0n) is 9.69. The summed E-state index contributed by atoms with van der Waals surface area (Å²) < 4.78 is 0. The van der Waals surface area contributed by atoms with Crippen molar-refractivity contribution >= 4 is 5.57 Å². The highest BCUT2D eigenvalue weighted by molar-refractivity contribution is 5.78. The molecule has 0 fully saturated rings. The van der Waals surface area contributed by atoms with Crippen molar-refractivity contribution in [3.63, 3.8) is 0 Å². The molecule has 0 aromatic heterocycles. The van der Waals surface area contributed by atoms with Gasteiger partial charge < -0.3 is 5.11 Å². The Balaban J connectivity index is 2.90. The molecule has 84 valence electrons. The molecular formula is C15H18O. The van der Waals surface area contributed by atoms with Crippen LogP contribution in [0.2, 0.25) is 0 Å². The van der Waals surface area contributed by atoms with Crippen LogP contribution in [0.15, 0.2) is 55.1 Å². The molecule has 1 N–H and O–H groups in total. The Morgan fingerprint density at radius 3 is 2.75 bits per heavy atom. The standard InChI is InChI=1S/C15H18O/c1-3-5-6-7-10-13(4-2)14-11-8-9-12-15(14)16/h4,6-12,16H,2-3,5H2,1H3/b7-6-,13-10+. The number of aromatic hydroxyl groups is 1. The van der Waals surface area contributed by atoms with Crippen LogP contribution in [0.1, 0.15) is 25.3 Å². The van der Waals surface area contributed by atoms with Crippen LogP contribution in [-0.4, -0.2) is 5.11 Å². The number of rotatable bonds is 5. The minimum Gasteiger partial charge on any atom is -0.507 e. The largest absolute Gasteiger partial charge is 0.507 e. The van der Waals surface area contributed by atoms with Gasteiger partial charge in [-0.2, -0.15) is 0 Å². The normalized spacial score (nSPS) is 11.9. The van der Waals surface area contributed by atoms with E-state index in [1.807, 2.05) is 30.4 Å². The summed E-state index contributed by atoms with van der Waals surface area (Å²) in [7, 11) is 0. The molecule has 0 spiro atoms. The maximum Gasteiger partial charge on any atom is 0.123 e. The van der Waals surface area contributed by atoms with Gasteiger partial charge in [0.1, 0.15) is 5.75 Å². The number of phenols is 1. The summed E-state index contributed by atoms with van der Waals surface area (Å²) in [6, 6.07) is 7.29. The van der Waals surface area contributed by atoms with Crippen LogP contribution in [0.4, 0.5) is 0 Å². The molecule has 1 aromatic rings. The zero-order chi connectivity index (χ0) is 11.8. The van der Waals surface area contributed by atoms with E-state index >= 15 is 0 Å². The number of hydrogen-bond acceptors (Lipinski definition) is 1. The fraction of sp³-hybridized carbons (Fsp3) is 0.200. The average molecular weight is 214 g/mol. The van der Waals surface area contributed by atoms with Crippen molar-refractivity contribution in [1.82, 2.24) is 0 Å². The lowest BCUT2D eigenvalue weighted by Crippen LogP contribution is -1.80. The predicted octanol–water partition coefficient (Wildman–Crippen LogP) is 4.32. The fourth-order valence-corrected chi connectivity index (χ4v) is 1.42. The minimum atomic E-state index is 0.289. The van der Waals surface area contributed by atoms with Crippen LogP contribution in [0.25, 0.3) is 5.57 Å². The lowest BCUT2D eigenvalue weighted by atomic mass is 10.0. The van der Waals surface area contributed by atoms with E-state index < -0.39 is 0 Å². The van der Waals surface area contributed by atoms with Gasteiger partial charge in [0.2, 0.25) is 0 Å². The topological polar surface area (TPSA) is 20.2 Å². The Bertz CT molecular complexity index is 400. The molecule has 0 aliphatic rings. The first-order valence-corrected chi connectivity index (χ1v) is 5.57. The van der Waals surface area contributed by atoms with Gasteiger partial charge in [-0.1, -0.05) is 62.4 Å². The molecule has 1 rings (SSSR count). The summed E-state index contributed by atoms with van der Waals surface area (Å²) in [4.78, 5) is 0. The van der Waals surface area contributed by atoms with Crippen molar-refractivity contribution < 1.29 is 5.11 Å². The average Bonchev–Trinajstić information content (AvgIpc) is 2.31. The highest BCUT2D eigenvalue weighted by Gasteiger charge is 2.01. The smallest absolute Gasteiger partial charge is 0.123 e. The number of unbranched alkanes of at least 4 members (excludes halogenated alkanes) is 1. The first-order chi connectivity index (χ1) is 7.79. The van der Waals surface area contributed by atoms with Crippen molar-refractivity contribution in [3.05, 3.63) is 60.7 Å². The Morgan fingerprint density at radius 2 is 2.12 bits per heavy atom. The molecule has 16 heavy (non-hydrogen) atoms. The highest BCUT2D eigenvalue weighted by atomic mass is 16.3. The molecule has 0 aliphatic carbocycles. The van der Waals surface area contributed by atoms with Gasteiger partial charge in [-0.25, -0.2) is 0 Å². The Kier molecular flexibility index (Phi) is 5.13. The number of hydrogen-bond donors (Lipinski definition) is 1. The van der Waals surface area contributed by atoms with Crippen LogP contribution in [-0.2, 0) is 0 Å². The van der Waals surface area contributed by atoms with E-state index in [-0.39, 0.29) is 5.75 Å². The van der Waals surface area contributed by atoms with Gasteiger partial charge in [-0.3, -0.25) is 0 Å².